The molecule has 5 nitrogen and oxygen atoms in total. The van der Waals surface area contributed by atoms with Gasteiger partial charge >= 0.3 is 5.97 Å². The Morgan fingerprint density at radius 3 is 3.11 bits per heavy atom. The smallest absolute Gasteiger partial charge is 0.356 e. The molecule has 0 bridgehead atoms. The largest absolute Gasteiger partial charge is 0.485 e. The molecular formula is C13H12N2O3. The highest BCUT2D eigenvalue weighted by Crippen LogP contribution is 2.31. The summed E-state index contributed by atoms with van der Waals surface area (Å²) in [5.74, 6) is -0.267. The summed E-state index contributed by atoms with van der Waals surface area (Å²) < 4.78 is 7.37. The molecule has 1 aromatic heterocycles. The van der Waals surface area contributed by atoms with Crippen molar-refractivity contribution in [2.75, 3.05) is 0 Å². The summed E-state index contributed by atoms with van der Waals surface area (Å²) in [4.78, 5) is 15.0. The number of carboxylic acids is 1. The van der Waals surface area contributed by atoms with Gasteiger partial charge in [0.15, 0.2) is 5.69 Å². The number of imidazole rings is 1. The van der Waals surface area contributed by atoms with Crippen LogP contribution in [0.5, 0.6) is 5.75 Å². The molecule has 92 valence electrons. The summed E-state index contributed by atoms with van der Waals surface area (Å²) in [6.07, 6.45) is 2.46. The van der Waals surface area contributed by atoms with E-state index in [0.717, 1.165) is 17.9 Å². The van der Waals surface area contributed by atoms with E-state index in [4.69, 9.17) is 9.84 Å². The molecule has 18 heavy (non-hydrogen) atoms. The molecule has 3 rings (SSSR count). The van der Waals surface area contributed by atoms with Crippen LogP contribution >= 0.6 is 0 Å². The lowest BCUT2D eigenvalue weighted by atomic mass is 10.1. The third-order valence-corrected chi connectivity index (χ3v) is 3.12. The SMILES string of the molecule is CCc1ccc2c(c1)-n1cnc(C(=O)O)c1CO2. The van der Waals surface area contributed by atoms with Crippen molar-refractivity contribution in [3.05, 3.63) is 41.5 Å². The number of aromatic nitrogens is 2. The van der Waals surface area contributed by atoms with Gasteiger partial charge in [0, 0.05) is 0 Å². The summed E-state index contributed by atoms with van der Waals surface area (Å²) in [5.41, 5.74) is 2.68. The molecule has 0 atom stereocenters. The molecule has 1 N–H and O–H groups in total. The molecule has 0 saturated carbocycles. The van der Waals surface area contributed by atoms with E-state index in [2.05, 4.69) is 11.9 Å². The quantitative estimate of drug-likeness (QED) is 0.877. The van der Waals surface area contributed by atoms with Crippen molar-refractivity contribution in [2.45, 2.75) is 20.0 Å². The van der Waals surface area contributed by atoms with Gasteiger partial charge in [-0.05, 0) is 24.1 Å². The average molecular weight is 244 g/mol. The first-order chi connectivity index (χ1) is 8.70. The van der Waals surface area contributed by atoms with Crippen LogP contribution < -0.4 is 4.74 Å². The zero-order chi connectivity index (χ0) is 12.7. The third kappa shape index (κ3) is 1.48. The van der Waals surface area contributed by atoms with Gasteiger partial charge in [-0.25, -0.2) is 9.78 Å². The fourth-order valence-electron chi connectivity index (χ4n) is 2.14. The van der Waals surface area contributed by atoms with Crippen molar-refractivity contribution in [1.29, 1.82) is 0 Å². The van der Waals surface area contributed by atoms with Gasteiger partial charge in [-0.1, -0.05) is 13.0 Å². The predicted molar refractivity (Wildman–Crippen MR) is 64.2 cm³/mol. The van der Waals surface area contributed by atoms with Crippen molar-refractivity contribution in [1.82, 2.24) is 9.55 Å². The summed E-state index contributed by atoms with van der Waals surface area (Å²) in [5, 5.41) is 9.05. The van der Waals surface area contributed by atoms with Gasteiger partial charge in [0.2, 0.25) is 0 Å². The number of rotatable bonds is 2. The van der Waals surface area contributed by atoms with Crippen LogP contribution in [0.4, 0.5) is 0 Å². The van der Waals surface area contributed by atoms with E-state index < -0.39 is 5.97 Å². The number of ether oxygens (including phenoxy) is 1. The van der Waals surface area contributed by atoms with Gasteiger partial charge in [-0.15, -0.1) is 0 Å². The van der Waals surface area contributed by atoms with Gasteiger partial charge < -0.3 is 9.84 Å². The highest BCUT2D eigenvalue weighted by Gasteiger charge is 2.24. The maximum absolute atomic E-state index is 11.0. The number of hydrogen-bond donors (Lipinski definition) is 1. The van der Waals surface area contributed by atoms with Crippen molar-refractivity contribution < 1.29 is 14.6 Å². The van der Waals surface area contributed by atoms with E-state index in [9.17, 15) is 4.79 Å². The van der Waals surface area contributed by atoms with E-state index in [0.29, 0.717) is 5.69 Å². The fraction of sp³-hybridized carbons (Fsp3) is 0.231. The Bertz CT molecular complexity index is 631. The number of benzene rings is 1. The predicted octanol–water partition coefficient (Wildman–Crippen LogP) is 2.03. The Balaban J connectivity index is 2.19. The molecule has 0 unspecified atom stereocenters. The Hall–Kier alpha value is -2.30. The van der Waals surface area contributed by atoms with E-state index >= 15 is 0 Å². The highest BCUT2D eigenvalue weighted by atomic mass is 16.5. The van der Waals surface area contributed by atoms with Crippen LogP contribution in [-0.4, -0.2) is 20.6 Å². The van der Waals surface area contributed by atoms with Crippen LogP contribution in [0.3, 0.4) is 0 Å². The molecule has 0 amide bonds. The first-order valence-electron chi connectivity index (χ1n) is 5.76. The summed E-state index contributed by atoms with van der Waals surface area (Å²) >= 11 is 0. The monoisotopic (exact) mass is 244 g/mol. The lowest BCUT2D eigenvalue weighted by Crippen LogP contribution is -2.15. The zero-order valence-electron chi connectivity index (χ0n) is 9.88. The molecule has 2 aromatic rings. The second-order valence-electron chi connectivity index (χ2n) is 4.16. The second kappa shape index (κ2) is 3.87. The van der Waals surface area contributed by atoms with Crippen molar-refractivity contribution in [3.63, 3.8) is 0 Å². The Morgan fingerprint density at radius 1 is 1.56 bits per heavy atom. The minimum Gasteiger partial charge on any atom is -0.485 e. The molecule has 0 spiro atoms. The summed E-state index contributed by atoms with van der Waals surface area (Å²) in [7, 11) is 0. The molecule has 2 heterocycles. The van der Waals surface area contributed by atoms with Crippen molar-refractivity contribution in [2.24, 2.45) is 0 Å². The average Bonchev–Trinajstić information content (AvgIpc) is 2.82. The normalized spacial score (nSPS) is 12.5. The zero-order valence-corrected chi connectivity index (χ0v) is 9.88. The molecular weight excluding hydrogens is 232 g/mol. The number of fused-ring (bicyclic) bond motifs is 3. The van der Waals surface area contributed by atoms with E-state index in [1.54, 1.807) is 10.9 Å². The molecule has 1 aliphatic rings. The van der Waals surface area contributed by atoms with Crippen LogP contribution in [0.25, 0.3) is 5.69 Å². The Kier molecular flexibility index (Phi) is 2.33. The number of carbonyl (C=O) groups is 1. The van der Waals surface area contributed by atoms with Gasteiger partial charge in [0.1, 0.15) is 18.7 Å². The van der Waals surface area contributed by atoms with Crippen LogP contribution in [0, 0.1) is 0 Å². The van der Waals surface area contributed by atoms with Crippen LogP contribution in [-0.2, 0) is 13.0 Å². The van der Waals surface area contributed by atoms with Crippen LogP contribution in [0.2, 0.25) is 0 Å². The first-order valence-corrected chi connectivity index (χ1v) is 5.76. The number of carboxylic acid groups (broad SMARTS) is 1. The molecule has 0 fully saturated rings. The Morgan fingerprint density at radius 2 is 2.39 bits per heavy atom. The summed E-state index contributed by atoms with van der Waals surface area (Å²) in [6.45, 7) is 2.31. The lowest BCUT2D eigenvalue weighted by molar-refractivity contribution is 0.0687. The molecule has 0 aliphatic carbocycles. The number of hydrogen-bond acceptors (Lipinski definition) is 3. The number of nitrogens with zero attached hydrogens (tertiary/aromatic N) is 2. The Labute approximate surface area is 104 Å². The van der Waals surface area contributed by atoms with Crippen LogP contribution in [0.15, 0.2) is 24.5 Å². The first kappa shape index (κ1) is 10.8. The summed E-state index contributed by atoms with van der Waals surface area (Å²) in [6, 6.07) is 5.93. The lowest BCUT2D eigenvalue weighted by Gasteiger charge is -2.20. The molecule has 0 radical (unpaired) electrons. The highest BCUT2D eigenvalue weighted by molar-refractivity contribution is 5.87. The standard InChI is InChI=1S/C13H12N2O3/c1-2-8-3-4-11-9(5-8)15-7-14-12(13(16)17)10(15)6-18-11/h3-5,7H,2,6H2,1H3,(H,16,17). The maximum Gasteiger partial charge on any atom is 0.356 e. The van der Waals surface area contributed by atoms with Gasteiger partial charge in [0.05, 0.1) is 11.4 Å². The minimum absolute atomic E-state index is 0.0579. The van der Waals surface area contributed by atoms with Crippen molar-refractivity contribution in [3.8, 4) is 11.4 Å². The van der Waals surface area contributed by atoms with E-state index in [1.165, 1.54) is 5.56 Å². The molecule has 0 saturated heterocycles. The molecule has 1 aromatic carbocycles. The van der Waals surface area contributed by atoms with Crippen molar-refractivity contribution >= 4 is 5.97 Å². The molecule has 1 aliphatic heterocycles. The van der Waals surface area contributed by atoms with E-state index in [1.807, 2.05) is 18.2 Å². The maximum atomic E-state index is 11.0. The third-order valence-electron chi connectivity index (χ3n) is 3.12. The van der Waals surface area contributed by atoms with E-state index in [-0.39, 0.29) is 12.3 Å². The van der Waals surface area contributed by atoms with Gasteiger partial charge in [0.25, 0.3) is 0 Å². The minimum atomic E-state index is -1.03. The number of aryl methyl sites for hydroxylation is 1. The van der Waals surface area contributed by atoms with Gasteiger partial charge in [-0.3, -0.25) is 4.57 Å². The number of aromatic carboxylic acids is 1. The topological polar surface area (TPSA) is 64.4 Å². The fourth-order valence-corrected chi connectivity index (χ4v) is 2.14. The van der Waals surface area contributed by atoms with Crippen LogP contribution in [0.1, 0.15) is 28.7 Å². The van der Waals surface area contributed by atoms with Gasteiger partial charge in [-0.2, -0.15) is 0 Å². The second-order valence-corrected chi connectivity index (χ2v) is 4.16. The molecule has 5 heteroatoms.